The molecule has 486 valence electrons. The normalized spacial score (nSPS) is 13.1. The van der Waals surface area contributed by atoms with Gasteiger partial charge in [-0.2, -0.15) is 11.8 Å². The molecule has 87 heavy (non-hydrogen) atoms. The maximum atomic E-state index is 12.3. The van der Waals surface area contributed by atoms with Crippen LogP contribution in [0, 0.1) is 25.7 Å². The number of benzene rings is 4. The first kappa shape index (κ1) is 75.5. The van der Waals surface area contributed by atoms with Crippen LogP contribution in [0.15, 0.2) is 48.5 Å². The van der Waals surface area contributed by atoms with Crippen molar-refractivity contribution in [3.05, 3.63) is 115 Å². The Morgan fingerprint density at radius 1 is 0.402 bits per heavy atom. The van der Waals surface area contributed by atoms with Gasteiger partial charge in [-0.1, -0.05) is 184 Å². The van der Waals surface area contributed by atoms with Crippen LogP contribution in [0.5, 0.6) is 23.0 Å². The van der Waals surface area contributed by atoms with Gasteiger partial charge in [0, 0.05) is 12.8 Å². The average molecular weight is 1230 g/mol. The van der Waals surface area contributed by atoms with Crippen LogP contribution in [0.2, 0.25) is 0 Å². The SMILES string of the molecule is CC(C)(C)c1cc(CC(CCSCCC(Cc2cc(C(C)(C)C)c(O)c(C(C)(C)C)c2)C(=O)O)C(=O)O)cc(C(C)(C)C)c1O.Cc1cc(CCC(=O)OCCOCCOCCOC(=O)CCc2cc(C)cc(C(C)(C)C)c2O)c(O)c(C(C)(C)C)c1. The van der Waals surface area contributed by atoms with Crippen LogP contribution >= 0.6 is 11.8 Å². The average Bonchev–Trinajstić information content (AvgIpc) is 1.16. The number of carbonyl (C=O) groups is 4. The number of hydrogen-bond donors (Lipinski definition) is 6. The van der Waals surface area contributed by atoms with Gasteiger partial charge in [0.2, 0.25) is 0 Å². The van der Waals surface area contributed by atoms with Gasteiger partial charge in [-0.15, -0.1) is 0 Å². The maximum absolute atomic E-state index is 12.3. The van der Waals surface area contributed by atoms with E-state index < -0.39 is 23.8 Å². The molecule has 0 radical (unpaired) electrons. The molecule has 0 aliphatic rings. The summed E-state index contributed by atoms with van der Waals surface area (Å²) in [6.45, 7) is 42.2. The van der Waals surface area contributed by atoms with Crippen molar-refractivity contribution in [3.8, 4) is 23.0 Å². The van der Waals surface area contributed by atoms with E-state index in [0.717, 1.165) is 66.8 Å². The van der Waals surface area contributed by atoms with Gasteiger partial charge >= 0.3 is 23.9 Å². The van der Waals surface area contributed by atoms with Crippen LogP contribution in [-0.4, -0.2) is 106 Å². The van der Waals surface area contributed by atoms with Gasteiger partial charge in [0.1, 0.15) is 36.2 Å². The fraction of sp³-hybridized carbons (Fsp3) is 0.611. The van der Waals surface area contributed by atoms with Crippen molar-refractivity contribution in [2.75, 3.05) is 51.1 Å². The van der Waals surface area contributed by atoms with Crippen molar-refractivity contribution in [2.24, 2.45) is 11.8 Å². The smallest absolute Gasteiger partial charge is 0.306 e. The van der Waals surface area contributed by atoms with Crippen LogP contribution < -0.4 is 0 Å². The van der Waals surface area contributed by atoms with E-state index in [9.17, 15) is 49.8 Å². The molecule has 0 aromatic heterocycles. The number of aromatic hydroxyl groups is 4. The summed E-state index contributed by atoms with van der Waals surface area (Å²) in [6.07, 6.45) is 2.83. The number of carboxylic acids is 2. The second kappa shape index (κ2) is 32.1. The molecule has 4 rings (SSSR count). The van der Waals surface area contributed by atoms with E-state index in [1.807, 2.05) is 187 Å². The van der Waals surface area contributed by atoms with Gasteiger partial charge in [-0.3, -0.25) is 19.2 Å². The first-order chi connectivity index (χ1) is 39.9. The molecule has 6 N–H and O–H groups in total. The third-order valence-corrected chi connectivity index (χ3v) is 16.3. The number of carbonyl (C=O) groups excluding carboxylic acids is 2. The molecule has 0 heterocycles. The summed E-state index contributed by atoms with van der Waals surface area (Å²) in [5, 5.41) is 63.5. The molecule has 2 atom stereocenters. The third kappa shape index (κ3) is 24.6. The van der Waals surface area contributed by atoms with Crippen LogP contribution in [0.25, 0.3) is 0 Å². The molecule has 0 spiro atoms. The van der Waals surface area contributed by atoms with E-state index in [1.54, 1.807) is 11.8 Å². The van der Waals surface area contributed by atoms with Gasteiger partial charge in [0.25, 0.3) is 0 Å². The molecule has 0 saturated heterocycles. The largest absolute Gasteiger partial charge is 0.507 e. The highest BCUT2D eigenvalue weighted by molar-refractivity contribution is 7.99. The Hall–Kier alpha value is -5.77. The lowest BCUT2D eigenvalue weighted by molar-refractivity contribution is -0.147. The predicted molar refractivity (Wildman–Crippen MR) is 351 cm³/mol. The van der Waals surface area contributed by atoms with Gasteiger partial charge < -0.3 is 49.6 Å². The van der Waals surface area contributed by atoms with Crippen molar-refractivity contribution in [1.82, 2.24) is 0 Å². The summed E-state index contributed by atoms with van der Waals surface area (Å²) in [5.74, 6) is -1.27. The van der Waals surface area contributed by atoms with Crippen LogP contribution in [0.3, 0.4) is 0 Å². The Morgan fingerprint density at radius 3 is 0.931 bits per heavy atom. The van der Waals surface area contributed by atoms with Crippen LogP contribution in [0.4, 0.5) is 0 Å². The Labute approximate surface area is 525 Å². The van der Waals surface area contributed by atoms with Crippen molar-refractivity contribution in [2.45, 2.75) is 222 Å². The number of carboxylic acid groups (broad SMARTS) is 2. The second-order valence-electron chi connectivity index (χ2n) is 29.6. The highest BCUT2D eigenvalue weighted by Gasteiger charge is 2.31. The summed E-state index contributed by atoms with van der Waals surface area (Å²) < 4.78 is 21.3. The maximum Gasteiger partial charge on any atom is 0.306 e. The van der Waals surface area contributed by atoms with E-state index in [4.69, 9.17) is 18.9 Å². The lowest BCUT2D eigenvalue weighted by atomic mass is 9.77. The van der Waals surface area contributed by atoms with Crippen LogP contribution in [-0.2, 0) is 96.3 Å². The first-order valence-electron chi connectivity index (χ1n) is 30.8. The molecular weight excluding hydrogens is 1120 g/mol. The van der Waals surface area contributed by atoms with E-state index >= 15 is 0 Å². The third-order valence-electron chi connectivity index (χ3n) is 15.3. The minimum atomic E-state index is -0.849. The zero-order valence-electron chi connectivity index (χ0n) is 56.4. The van der Waals surface area contributed by atoms with Gasteiger partial charge in [-0.05, 0) is 152 Å². The lowest BCUT2D eigenvalue weighted by Crippen LogP contribution is -2.21. The minimum Gasteiger partial charge on any atom is -0.507 e. The van der Waals surface area contributed by atoms with E-state index in [2.05, 4.69) is 0 Å². The van der Waals surface area contributed by atoms with E-state index in [-0.39, 0.29) is 107 Å². The Bertz CT molecular complexity index is 2670. The zero-order valence-corrected chi connectivity index (χ0v) is 57.3. The highest BCUT2D eigenvalue weighted by Crippen LogP contribution is 2.43. The zero-order chi connectivity index (χ0) is 66.2. The number of esters is 2. The summed E-state index contributed by atoms with van der Waals surface area (Å²) >= 11 is 1.59. The molecule has 4 aromatic rings. The van der Waals surface area contributed by atoms with Crippen molar-refractivity contribution in [3.63, 3.8) is 0 Å². The topological polar surface area (TPSA) is 227 Å². The van der Waals surface area contributed by atoms with Crippen molar-refractivity contribution in [1.29, 1.82) is 0 Å². The molecule has 0 amide bonds. The number of hydrogen-bond acceptors (Lipinski definition) is 13. The molecule has 0 fully saturated rings. The highest BCUT2D eigenvalue weighted by atomic mass is 32.2. The number of phenols is 4. The molecular formula is C72H108O14S. The van der Waals surface area contributed by atoms with Crippen molar-refractivity contribution >= 4 is 35.6 Å². The summed E-state index contributed by atoms with van der Waals surface area (Å²) in [7, 11) is 0. The van der Waals surface area contributed by atoms with Gasteiger partial charge in [0.05, 0.1) is 38.3 Å². The predicted octanol–water partition coefficient (Wildman–Crippen LogP) is 15.0. The number of ether oxygens (including phenoxy) is 4. The number of rotatable bonds is 27. The summed E-state index contributed by atoms with van der Waals surface area (Å²) in [5.41, 5.74) is 8.86. The monoisotopic (exact) mass is 1230 g/mol. The minimum absolute atomic E-state index is 0.136. The summed E-state index contributed by atoms with van der Waals surface area (Å²) in [6, 6.07) is 15.6. The molecule has 4 aromatic carbocycles. The van der Waals surface area contributed by atoms with Gasteiger partial charge in [-0.25, -0.2) is 0 Å². The van der Waals surface area contributed by atoms with E-state index in [1.165, 1.54) is 0 Å². The van der Waals surface area contributed by atoms with Gasteiger partial charge in [0.15, 0.2) is 0 Å². The Balaban J connectivity index is 0.000000456. The quantitative estimate of drug-likeness (QED) is 0.0241. The van der Waals surface area contributed by atoms with Crippen LogP contribution in [0.1, 0.15) is 217 Å². The number of aliphatic carboxylic acids is 2. The molecule has 15 heteroatoms. The fourth-order valence-corrected chi connectivity index (χ4v) is 11.4. The molecule has 0 bridgehead atoms. The van der Waals surface area contributed by atoms with Crippen molar-refractivity contribution < 1.29 is 68.8 Å². The fourth-order valence-electron chi connectivity index (χ4n) is 10.3. The lowest BCUT2D eigenvalue weighted by Gasteiger charge is -2.28. The summed E-state index contributed by atoms with van der Waals surface area (Å²) in [4.78, 5) is 48.8. The Morgan fingerprint density at radius 2 is 0.667 bits per heavy atom. The van der Waals surface area contributed by atoms with E-state index in [0.29, 0.717) is 63.2 Å². The Kier molecular flexibility index (Phi) is 27.9. The molecule has 2 unspecified atom stereocenters. The second-order valence-corrected chi connectivity index (χ2v) is 30.8. The molecule has 0 aliphatic carbocycles. The molecule has 0 aliphatic heterocycles. The molecule has 14 nitrogen and oxygen atoms in total. The first-order valence-corrected chi connectivity index (χ1v) is 32.0. The number of aryl methyl sites for hydroxylation is 4. The number of thioether (sulfide) groups is 1. The number of phenolic OH excluding ortho intramolecular Hbond substituents is 4. The standard InChI is InChI=1S/C38H58O6S.C34H50O8/c1-35(2,3)27-19-23(20-28(31(27)39)36(4,5)6)17-25(33(41)42)13-15-45-16-14-26(34(43)44)18-24-21-29(37(7,8)9)32(40)30(22-24)38(10,11)12;1-23-19-25(31(37)27(21-23)33(3,4)5)9-11-29(35)41-17-15-39-13-14-40-16-18-42-30(36)12-10-26-20-24(2)22-28(32(26)38)34(6,7)8/h19-22,25-26,39-40H,13-18H2,1-12H3,(H,41,42)(H,43,44);19-22,37-38H,9-18H2,1-8H3. The molecule has 0 saturated carbocycles.